The van der Waals surface area contributed by atoms with Gasteiger partial charge < -0.3 is 65.1 Å². The summed E-state index contributed by atoms with van der Waals surface area (Å²) in [5.41, 5.74) is 0. The van der Waals surface area contributed by atoms with Crippen molar-refractivity contribution in [3.63, 3.8) is 0 Å². The number of aliphatic hydroxyl groups excluding tert-OH is 8. The molecule has 2 heterocycles. The summed E-state index contributed by atoms with van der Waals surface area (Å²) in [7, 11) is 0. The molecule has 458 valence electrons. The molecule has 9 N–H and O–H groups in total. The van der Waals surface area contributed by atoms with E-state index >= 15 is 0 Å². The molecule has 2 saturated heterocycles. The lowest BCUT2D eigenvalue weighted by Crippen LogP contribution is -2.65. The topological polar surface area (TPSA) is 228 Å². The van der Waals surface area contributed by atoms with Gasteiger partial charge in [-0.2, -0.15) is 0 Å². The highest BCUT2D eigenvalue weighted by atomic mass is 16.7. The maximum absolute atomic E-state index is 13.3. The molecule has 0 saturated carbocycles. The second-order valence-electron chi connectivity index (χ2n) is 21.4. The minimum absolute atomic E-state index is 0.261. The largest absolute Gasteiger partial charge is 0.394 e. The van der Waals surface area contributed by atoms with Gasteiger partial charge in [0.05, 0.1) is 32.0 Å². The third-order valence-corrected chi connectivity index (χ3v) is 14.4. The van der Waals surface area contributed by atoms with Crippen LogP contribution < -0.4 is 5.32 Å². The minimum atomic E-state index is -1.80. The van der Waals surface area contributed by atoms with Crippen LogP contribution in [0.15, 0.2) is 109 Å². The van der Waals surface area contributed by atoms with Crippen molar-refractivity contribution in [3.05, 3.63) is 109 Å². The Labute approximate surface area is 483 Å². The molecule has 14 nitrogen and oxygen atoms in total. The zero-order valence-corrected chi connectivity index (χ0v) is 49.3. The summed E-state index contributed by atoms with van der Waals surface area (Å²) in [6.45, 7) is 2.63. The van der Waals surface area contributed by atoms with Crippen molar-refractivity contribution in [2.24, 2.45) is 0 Å². The van der Waals surface area contributed by atoms with Crippen molar-refractivity contribution in [3.8, 4) is 0 Å². The number of nitrogens with one attached hydrogen (secondary N) is 1. The summed E-state index contributed by atoms with van der Waals surface area (Å²) in [6, 6.07) is -0.945. The van der Waals surface area contributed by atoms with Crippen LogP contribution in [-0.4, -0.2) is 140 Å². The van der Waals surface area contributed by atoms with Crippen LogP contribution in [0, 0.1) is 0 Å². The van der Waals surface area contributed by atoms with Crippen LogP contribution in [0.4, 0.5) is 0 Å². The molecule has 0 radical (unpaired) electrons. The Kier molecular flexibility index (Phi) is 45.6. The minimum Gasteiger partial charge on any atom is -0.394 e. The molecule has 1 amide bonds. The highest BCUT2D eigenvalue weighted by molar-refractivity contribution is 5.76. The smallest absolute Gasteiger partial charge is 0.220 e. The average Bonchev–Trinajstić information content (AvgIpc) is 3.46. The number of aliphatic hydroxyl groups is 8. The highest BCUT2D eigenvalue weighted by Gasteiger charge is 2.51. The quantitative estimate of drug-likeness (QED) is 0.0204. The Morgan fingerprint density at radius 2 is 0.875 bits per heavy atom. The van der Waals surface area contributed by atoms with E-state index in [1.54, 1.807) is 6.08 Å². The fourth-order valence-electron chi connectivity index (χ4n) is 9.44. The van der Waals surface area contributed by atoms with Crippen molar-refractivity contribution in [2.45, 2.75) is 280 Å². The number of carbonyl (C=O) groups is 1. The number of rotatable bonds is 48. The predicted octanol–water partition coefficient (Wildman–Crippen LogP) is 11.2. The maximum Gasteiger partial charge on any atom is 0.220 e. The lowest BCUT2D eigenvalue weighted by Gasteiger charge is -2.46. The standard InChI is InChI=1S/C66H111NO13/c1-3-5-7-9-11-13-15-17-19-20-21-22-23-24-25-26-27-28-29-30-31-32-33-34-36-38-40-42-44-46-48-50-58(71)67-54(55(70)49-47-45-43-41-39-37-35-18-16-14-12-10-8-6-4-2)53-77-65-63(76)61(74)64(57(52-69)79-65)80-66-62(75)60(73)59(72)56(51-68)78-66/h5,7,11,13,16-19,21-22,24-25,27-28,39,41,47,49,54-57,59-66,68-70,72-76H,3-4,6,8-10,12,14-15,20,23,26,29-38,40,42-46,48,50-53H2,1-2H3,(H,67,71)/b7-5-,13-11-,18-16+,19-17-,22-21-,25-24-,28-27-,41-39+,49-47+. The first-order chi connectivity index (χ1) is 39.1. The van der Waals surface area contributed by atoms with Gasteiger partial charge in [-0.05, 0) is 96.3 Å². The second-order valence-corrected chi connectivity index (χ2v) is 21.4. The molecule has 0 bridgehead atoms. The molecular weight excluding hydrogens is 1010 g/mol. The summed E-state index contributed by atoms with van der Waals surface area (Å²) in [5.74, 6) is -0.261. The molecule has 0 aliphatic carbocycles. The summed E-state index contributed by atoms with van der Waals surface area (Å²) >= 11 is 0. The van der Waals surface area contributed by atoms with Crippen LogP contribution in [0.5, 0.6) is 0 Å². The van der Waals surface area contributed by atoms with Crippen LogP contribution in [0.1, 0.15) is 206 Å². The molecule has 80 heavy (non-hydrogen) atoms. The van der Waals surface area contributed by atoms with E-state index < -0.39 is 86.8 Å². The average molecular weight is 1130 g/mol. The Hall–Kier alpha value is -3.35. The summed E-state index contributed by atoms with van der Waals surface area (Å²) in [6.07, 6.45) is 54.2. The third kappa shape index (κ3) is 34.9. The number of amides is 1. The van der Waals surface area contributed by atoms with E-state index in [9.17, 15) is 45.6 Å². The van der Waals surface area contributed by atoms with Crippen molar-refractivity contribution < 1.29 is 64.6 Å². The fourth-order valence-corrected chi connectivity index (χ4v) is 9.44. The predicted molar refractivity (Wildman–Crippen MR) is 322 cm³/mol. The van der Waals surface area contributed by atoms with Gasteiger partial charge in [-0.1, -0.05) is 213 Å². The second kappa shape index (κ2) is 50.2. The first-order valence-electron chi connectivity index (χ1n) is 31.1. The summed E-state index contributed by atoms with van der Waals surface area (Å²) in [5, 5.41) is 87.1. The molecule has 0 spiro atoms. The molecule has 0 aromatic heterocycles. The first kappa shape index (κ1) is 72.8. The Morgan fingerprint density at radius 1 is 0.463 bits per heavy atom. The van der Waals surface area contributed by atoms with E-state index in [-0.39, 0.29) is 18.9 Å². The molecule has 14 heteroatoms. The molecule has 2 fully saturated rings. The van der Waals surface area contributed by atoms with Crippen LogP contribution in [-0.2, 0) is 23.7 Å². The van der Waals surface area contributed by atoms with Crippen molar-refractivity contribution in [1.82, 2.24) is 5.32 Å². The summed E-state index contributed by atoms with van der Waals surface area (Å²) in [4.78, 5) is 13.3. The van der Waals surface area contributed by atoms with E-state index in [1.807, 2.05) is 6.08 Å². The lowest BCUT2D eigenvalue weighted by molar-refractivity contribution is -0.359. The van der Waals surface area contributed by atoms with Crippen molar-refractivity contribution in [2.75, 3.05) is 19.8 Å². The van der Waals surface area contributed by atoms with Crippen LogP contribution >= 0.6 is 0 Å². The molecule has 0 aromatic rings. The molecule has 12 unspecified atom stereocenters. The zero-order chi connectivity index (χ0) is 58.1. The number of carbonyl (C=O) groups excluding carboxylic acids is 1. The molecule has 2 aliphatic heterocycles. The maximum atomic E-state index is 13.3. The van der Waals surface area contributed by atoms with Gasteiger partial charge in [0.25, 0.3) is 0 Å². The SMILES string of the molecule is CC/C=C\C/C=C\C/C=C\C/C=C\C/C=C\C/C=C\CCCCCCCCCCCCCCC(=O)NC(COC1OC(CO)C(OC2OC(CO)C(O)C(O)C2O)C(O)C1O)C(O)/C=C/CC/C=C/CC/C=C/CCCCCCC. The van der Waals surface area contributed by atoms with Gasteiger partial charge in [0, 0.05) is 6.42 Å². The third-order valence-electron chi connectivity index (χ3n) is 14.4. The Morgan fingerprint density at radius 3 is 1.38 bits per heavy atom. The lowest BCUT2D eigenvalue weighted by atomic mass is 9.97. The van der Waals surface area contributed by atoms with E-state index in [0.717, 1.165) is 89.9 Å². The zero-order valence-electron chi connectivity index (χ0n) is 49.3. The highest BCUT2D eigenvalue weighted by Crippen LogP contribution is 2.30. The molecule has 0 aromatic carbocycles. The monoisotopic (exact) mass is 1130 g/mol. The van der Waals surface area contributed by atoms with Gasteiger partial charge in [0.2, 0.25) is 5.91 Å². The molecular formula is C66H111NO13. The van der Waals surface area contributed by atoms with Crippen LogP contribution in [0.3, 0.4) is 0 Å². The number of ether oxygens (including phenoxy) is 4. The summed E-state index contributed by atoms with van der Waals surface area (Å²) < 4.78 is 22.7. The van der Waals surface area contributed by atoms with Gasteiger partial charge in [-0.3, -0.25) is 4.79 Å². The van der Waals surface area contributed by atoms with Crippen molar-refractivity contribution in [1.29, 1.82) is 0 Å². The van der Waals surface area contributed by atoms with E-state index in [2.05, 4.69) is 116 Å². The first-order valence-corrected chi connectivity index (χ1v) is 31.1. The van der Waals surface area contributed by atoms with Gasteiger partial charge in [0.15, 0.2) is 12.6 Å². The van der Waals surface area contributed by atoms with Gasteiger partial charge in [-0.15, -0.1) is 0 Å². The molecule has 2 aliphatic rings. The van der Waals surface area contributed by atoms with Crippen LogP contribution in [0.25, 0.3) is 0 Å². The molecule has 2 rings (SSSR count). The van der Waals surface area contributed by atoms with Gasteiger partial charge in [0.1, 0.15) is 48.8 Å². The van der Waals surface area contributed by atoms with E-state index in [4.69, 9.17) is 18.9 Å². The van der Waals surface area contributed by atoms with E-state index in [1.165, 1.54) is 83.5 Å². The Bertz CT molecular complexity index is 1760. The van der Waals surface area contributed by atoms with Gasteiger partial charge >= 0.3 is 0 Å². The Balaban J connectivity index is 1.70. The van der Waals surface area contributed by atoms with E-state index in [0.29, 0.717) is 12.8 Å². The number of hydrogen-bond acceptors (Lipinski definition) is 13. The molecule has 12 atom stereocenters. The number of unbranched alkanes of at least 4 members (excludes halogenated alkanes) is 19. The number of hydrogen-bond donors (Lipinski definition) is 9. The van der Waals surface area contributed by atoms with Crippen LogP contribution in [0.2, 0.25) is 0 Å². The fraction of sp³-hybridized carbons (Fsp3) is 0.712. The van der Waals surface area contributed by atoms with Crippen molar-refractivity contribution >= 4 is 5.91 Å². The number of allylic oxidation sites excluding steroid dienone is 17. The normalized spacial score (nSPS) is 25.0. The van der Waals surface area contributed by atoms with Gasteiger partial charge in [-0.25, -0.2) is 0 Å².